The van der Waals surface area contributed by atoms with Crippen LogP contribution in [-0.2, 0) is 29.8 Å². The molecule has 194 valence electrons. The summed E-state index contributed by atoms with van der Waals surface area (Å²) in [7, 11) is -8.90. The Bertz CT molecular complexity index is 624. The van der Waals surface area contributed by atoms with Crippen LogP contribution >= 0.6 is 0 Å². The standard InChI is InChI=1S/C12H26O4S.C6H13NO2.2Na.H2O4S.2H/c1-2-3-4-5-6-7-8-9-10-11-12-16-17(13,14)15;1-4(2)3-5(7)6(8)9;;;1-5(2,3)4;;/h2-12H2,1H3,(H,13,14,15);4-5H,3,7H2,1-2H3,(H,8,9);;;(H2,1,2,3,4);;. The van der Waals surface area contributed by atoms with E-state index in [0.717, 1.165) is 12.8 Å². The van der Waals surface area contributed by atoms with E-state index in [-0.39, 0.29) is 65.7 Å². The van der Waals surface area contributed by atoms with Crippen molar-refractivity contribution in [3.8, 4) is 0 Å². The van der Waals surface area contributed by atoms with Crippen molar-refractivity contribution in [1.82, 2.24) is 0 Å². The fourth-order valence-corrected chi connectivity index (χ4v) is 2.69. The first-order valence-electron chi connectivity index (χ1n) is 10.4. The number of hydrogen-bond donors (Lipinski definition) is 5. The minimum atomic E-state index is -4.67. The van der Waals surface area contributed by atoms with Gasteiger partial charge in [-0.2, -0.15) is 16.8 Å². The van der Waals surface area contributed by atoms with Crippen molar-refractivity contribution in [2.24, 2.45) is 11.7 Å². The molecule has 0 aliphatic heterocycles. The molecule has 0 spiro atoms. The number of hydrogen-bond acceptors (Lipinski definition) is 7. The fourth-order valence-electron chi connectivity index (χ4n) is 2.36. The van der Waals surface area contributed by atoms with E-state index in [9.17, 15) is 13.2 Å². The molecule has 33 heavy (non-hydrogen) atoms. The van der Waals surface area contributed by atoms with Crippen LogP contribution in [0.1, 0.15) is 91.4 Å². The molecular weight excluding hydrogens is 500 g/mol. The quantitative estimate of drug-likeness (QED) is 0.115. The number of carboxylic acids is 1. The van der Waals surface area contributed by atoms with Crippen molar-refractivity contribution in [3.63, 3.8) is 0 Å². The van der Waals surface area contributed by atoms with E-state index in [1.54, 1.807) is 0 Å². The second kappa shape index (κ2) is 27.8. The van der Waals surface area contributed by atoms with Crippen LogP contribution in [0.4, 0.5) is 0 Å². The molecule has 0 aliphatic rings. The molecule has 11 nitrogen and oxygen atoms in total. The monoisotopic (exact) mass is 543 g/mol. The van der Waals surface area contributed by atoms with Crippen LogP contribution in [0.25, 0.3) is 0 Å². The molecule has 0 aromatic carbocycles. The second-order valence-corrected chi connectivity index (χ2v) is 9.44. The maximum atomic E-state index is 10.2. The molecule has 0 aromatic rings. The van der Waals surface area contributed by atoms with Gasteiger partial charge in [0.1, 0.15) is 6.04 Å². The number of unbranched alkanes of at least 4 members (excludes halogenated alkanes) is 9. The number of aliphatic carboxylic acids is 1. The molecule has 0 fully saturated rings. The summed E-state index contributed by atoms with van der Waals surface area (Å²) in [5.41, 5.74) is 5.22. The summed E-state index contributed by atoms with van der Waals surface area (Å²) < 4.78 is 64.6. The summed E-state index contributed by atoms with van der Waals surface area (Å²) in [6.07, 6.45) is 12.4. The summed E-state index contributed by atoms with van der Waals surface area (Å²) in [4.78, 5) is 10.1. The zero-order valence-electron chi connectivity index (χ0n) is 18.8. The third-order valence-corrected chi connectivity index (χ3v) is 4.24. The maximum absolute atomic E-state index is 10.2. The molecule has 0 rings (SSSR count). The summed E-state index contributed by atoms with van der Waals surface area (Å²) >= 11 is 0. The Balaban J connectivity index is -0.000000138. The van der Waals surface area contributed by atoms with E-state index in [1.165, 1.54) is 44.9 Å². The molecule has 1 unspecified atom stereocenters. The summed E-state index contributed by atoms with van der Waals surface area (Å²) in [6, 6.07) is -0.690. The van der Waals surface area contributed by atoms with Crippen molar-refractivity contribution in [3.05, 3.63) is 0 Å². The predicted octanol–water partition coefficient (Wildman–Crippen LogP) is 2.22. The van der Waals surface area contributed by atoms with Crippen LogP contribution in [0.5, 0.6) is 0 Å². The van der Waals surface area contributed by atoms with E-state index < -0.39 is 32.8 Å². The van der Waals surface area contributed by atoms with Crippen LogP contribution < -0.4 is 5.73 Å². The molecule has 0 heterocycles. The van der Waals surface area contributed by atoms with Crippen LogP contribution in [0.15, 0.2) is 0 Å². The van der Waals surface area contributed by atoms with Crippen LogP contribution in [0.2, 0.25) is 0 Å². The number of carbonyl (C=O) groups is 1. The van der Waals surface area contributed by atoms with Crippen LogP contribution in [-0.4, -0.2) is 113 Å². The molecule has 6 N–H and O–H groups in total. The van der Waals surface area contributed by atoms with Crippen LogP contribution in [0, 0.1) is 5.92 Å². The average Bonchev–Trinajstić information content (AvgIpc) is 2.57. The van der Waals surface area contributed by atoms with E-state index in [2.05, 4.69) is 11.1 Å². The molecule has 0 saturated carbocycles. The summed E-state index contributed by atoms with van der Waals surface area (Å²) in [6.45, 7) is 6.20. The SMILES string of the molecule is CC(C)CC(N)C(=O)O.CCCCCCCCCCCCOS(=O)(=O)O.O=S(=O)(O)O.[NaH].[NaH]. The minimum absolute atomic E-state index is 0. The van der Waals surface area contributed by atoms with Gasteiger partial charge in [-0.1, -0.05) is 78.6 Å². The summed E-state index contributed by atoms with van der Waals surface area (Å²) in [5, 5.41) is 8.31. The van der Waals surface area contributed by atoms with Crippen LogP contribution in [0.3, 0.4) is 0 Å². The van der Waals surface area contributed by atoms with Gasteiger partial charge in [-0.3, -0.25) is 18.5 Å². The average molecular weight is 544 g/mol. The van der Waals surface area contributed by atoms with Gasteiger partial charge >= 0.3 is 85.9 Å². The van der Waals surface area contributed by atoms with Gasteiger partial charge in [-0.05, 0) is 18.8 Å². The Hall–Kier alpha value is 1.17. The zero-order valence-corrected chi connectivity index (χ0v) is 20.4. The van der Waals surface area contributed by atoms with Crippen molar-refractivity contribution in [2.45, 2.75) is 97.4 Å². The third-order valence-electron chi connectivity index (χ3n) is 3.77. The van der Waals surface area contributed by atoms with Gasteiger partial charge in [0.05, 0.1) is 6.61 Å². The van der Waals surface area contributed by atoms with Gasteiger partial charge in [0.15, 0.2) is 0 Å². The number of carboxylic acid groups (broad SMARTS) is 1. The first-order valence-corrected chi connectivity index (χ1v) is 13.2. The van der Waals surface area contributed by atoms with Gasteiger partial charge < -0.3 is 10.8 Å². The Morgan fingerprint density at radius 3 is 1.39 bits per heavy atom. The van der Waals surface area contributed by atoms with E-state index in [1.807, 2.05) is 13.8 Å². The molecule has 0 aliphatic carbocycles. The Labute approximate surface area is 244 Å². The Kier molecular flexibility index (Phi) is 37.2. The van der Waals surface area contributed by atoms with E-state index >= 15 is 0 Å². The molecule has 0 amide bonds. The number of rotatable bonds is 15. The molecule has 0 aromatic heterocycles. The first kappa shape index (κ1) is 44.2. The summed E-state index contributed by atoms with van der Waals surface area (Å²) in [5.74, 6) is -0.556. The topological polar surface area (TPSA) is 202 Å². The van der Waals surface area contributed by atoms with Crippen molar-refractivity contribution in [2.75, 3.05) is 6.61 Å². The number of nitrogens with two attached hydrogens (primary N) is 1. The predicted molar refractivity (Wildman–Crippen MR) is 133 cm³/mol. The van der Waals surface area contributed by atoms with Crippen molar-refractivity contribution >= 4 is 85.9 Å². The van der Waals surface area contributed by atoms with Gasteiger partial charge in [0, 0.05) is 0 Å². The zero-order chi connectivity index (χ0) is 24.9. The van der Waals surface area contributed by atoms with Gasteiger partial charge in [0.2, 0.25) is 0 Å². The van der Waals surface area contributed by atoms with Gasteiger partial charge in [0.25, 0.3) is 0 Å². The Morgan fingerprint density at radius 2 is 1.15 bits per heavy atom. The third kappa shape index (κ3) is 60.0. The molecule has 1 atom stereocenters. The first-order chi connectivity index (χ1) is 14.1. The Morgan fingerprint density at radius 1 is 0.818 bits per heavy atom. The van der Waals surface area contributed by atoms with Gasteiger partial charge in [-0.25, -0.2) is 4.18 Å². The second-order valence-electron chi connectivity index (χ2n) is 7.45. The van der Waals surface area contributed by atoms with E-state index in [0.29, 0.717) is 18.8 Å². The molecular formula is C18H43NNa2O10S2. The molecule has 0 bridgehead atoms. The molecule has 0 radical (unpaired) electrons. The normalized spacial score (nSPS) is 11.6. The van der Waals surface area contributed by atoms with Gasteiger partial charge in [-0.15, -0.1) is 0 Å². The van der Waals surface area contributed by atoms with Crippen molar-refractivity contribution < 1.29 is 44.6 Å². The fraction of sp³-hybridized carbons (Fsp3) is 0.944. The molecule has 15 heteroatoms. The van der Waals surface area contributed by atoms with E-state index in [4.69, 9.17) is 32.9 Å². The van der Waals surface area contributed by atoms with Crippen molar-refractivity contribution in [1.29, 1.82) is 0 Å². The molecule has 0 saturated heterocycles.